The zero-order valence-electron chi connectivity index (χ0n) is 13.2. The molecular weight excluding hydrogens is 342 g/mol. The molecule has 6 nitrogen and oxygen atoms in total. The number of benzene rings is 1. The summed E-state index contributed by atoms with van der Waals surface area (Å²) in [7, 11) is 0. The highest BCUT2D eigenvalue weighted by Gasteiger charge is 2.18. The number of esters is 1. The van der Waals surface area contributed by atoms with E-state index < -0.39 is 30.3 Å². The fourth-order valence-corrected chi connectivity index (χ4v) is 2.19. The minimum Gasteiger partial charge on any atom is -0.452 e. The Balaban J connectivity index is 2.54. The van der Waals surface area contributed by atoms with Crippen LogP contribution in [0.3, 0.4) is 0 Å². The summed E-state index contributed by atoms with van der Waals surface area (Å²) in [4.78, 5) is 34.9. The van der Waals surface area contributed by atoms with Gasteiger partial charge in [-0.2, -0.15) is 8.78 Å². The molecule has 9 heteroatoms. The molecule has 0 spiro atoms. The Labute approximate surface area is 142 Å². The Hall–Kier alpha value is -2.16. The average Bonchev–Trinajstić information content (AvgIpc) is 2.52. The zero-order valence-corrected chi connectivity index (χ0v) is 14.0. The maximum Gasteiger partial charge on any atom is 0.339 e. The van der Waals surface area contributed by atoms with Gasteiger partial charge in [0.25, 0.3) is 11.7 Å². The van der Waals surface area contributed by atoms with Gasteiger partial charge in [-0.1, -0.05) is 30.8 Å². The van der Waals surface area contributed by atoms with Crippen molar-refractivity contribution < 1.29 is 27.9 Å². The van der Waals surface area contributed by atoms with Crippen LogP contribution in [-0.2, 0) is 9.53 Å². The van der Waals surface area contributed by atoms with Gasteiger partial charge in [-0.25, -0.2) is 9.59 Å². The minimum atomic E-state index is -2.69. The van der Waals surface area contributed by atoms with Crippen molar-refractivity contribution in [3.63, 3.8) is 0 Å². The number of rotatable bonds is 7. The highest BCUT2D eigenvalue weighted by molar-refractivity contribution is 7.99. The molecule has 1 atom stereocenters. The van der Waals surface area contributed by atoms with Gasteiger partial charge in [0, 0.05) is 10.9 Å². The van der Waals surface area contributed by atoms with Gasteiger partial charge in [-0.05, 0) is 25.5 Å². The van der Waals surface area contributed by atoms with Gasteiger partial charge in [-0.15, -0.1) is 0 Å². The zero-order chi connectivity index (χ0) is 18.1. The number of hydrogen-bond acceptors (Lipinski definition) is 5. The fraction of sp³-hybridized carbons (Fsp3) is 0.400. The number of carbonyl (C=O) groups is 3. The van der Waals surface area contributed by atoms with Gasteiger partial charge in [-0.3, -0.25) is 10.1 Å². The van der Waals surface area contributed by atoms with Gasteiger partial charge in [0.2, 0.25) is 0 Å². The Morgan fingerprint density at radius 1 is 1.25 bits per heavy atom. The molecule has 132 valence electrons. The SMILES string of the molecule is CC[C@@H](C)NC(=O)NC(=O)COC(=O)c1ccccc1SC(F)F. The molecule has 0 saturated carbocycles. The predicted molar refractivity (Wildman–Crippen MR) is 85.0 cm³/mol. The molecule has 24 heavy (non-hydrogen) atoms. The van der Waals surface area contributed by atoms with Gasteiger partial charge in [0.05, 0.1) is 5.56 Å². The highest BCUT2D eigenvalue weighted by Crippen LogP contribution is 2.28. The topological polar surface area (TPSA) is 84.5 Å². The Kier molecular flexibility index (Phi) is 8.17. The summed E-state index contributed by atoms with van der Waals surface area (Å²) < 4.78 is 29.7. The molecule has 3 amide bonds. The normalized spacial score (nSPS) is 11.7. The standard InChI is InChI=1S/C15H18F2N2O4S/c1-3-9(2)18-15(22)19-12(20)8-23-13(21)10-6-4-5-7-11(10)24-14(16)17/h4-7,9,14H,3,8H2,1-2H3,(H2,18,19,20,22)/t9-/m1/s1. The molecule has 0 radical (unpaired) electrons. The number of alkyl halides is 2. The lowest BCUT2D eigenvalue weighted by atomic mass is 10.2. The first kappa shape index (κ1) is 19.9. The lowest BCUT2D eigenvalue weighted by Crippen LogP contribution is -2.44. The molecule has 0 heterocycles. The number of urea groups is 1. The number of halogens is 2. The average molecular weight is 360 g/mol. The first-order valence-corrected chi connectivity index (χ1v) is 8.02. The molecule has 1 aromatic carbocycles. The van der Waals surface area contributed by atoms with E-state index in [1.54, 1.807) is 6.92 Å². The third-order valence-electron chi connectivity index (χ3n) is 2.90. The number of amides is 3. The first-order valence-electron chi connectivity index (χ1n) is 7.14. The van der Waals surface area contributed by atoms with E-state index in [1.807, 2.05) is 12.2 Å². The Bertz CT molecular complexity index is 599. The van der Waals surface area contributed by atoms with Crippen molar-refractivity contribution in [3.8, 4) is 0 Å². The molecule has 1 rings (SSSR count). The van der Waals surface area contributed by atoms with Gasteiger partial charge >= 0.3 is 12.0 Å². The fourth-order valence-electron chi connectivity index (χ4n) is 1.57. The molecule has 0 aromatic heterocycles. The molecule has 2 N–H and O–H groups in total. The van der Waals surface area contributed by atoms with Crippen molar-refractivity contribution in [2.75, 3.05) is 6.61 Å². The van der Waals surface area contributed by atoms with Crippen LogP contribution in [0.4, 0.5) is 13.6 Å². The summed E-state index contributed by atoms with van der Waals surface area (Å²) in [6.45, 7) is 2.94. The molecule has 0 unspecified atom stereocenters. The number of thioether (sulfide) groups is 1. The minimum absolute atomic E-state index is 0.0485. The lowest BCUT2D eigenvalue weighted by Gasteiger charge is -2.12. The Morgan fingerprint density at radius 2 is 1.92 bits per heavy atom. The van der Waals surface area contributed by atoms with E-state index in [0.29, 0.717) is 6.42 Å². The highest BCUT2D eigenvalue weighted by atomic mass is 32.2. The molecule has 0 saturated heterocycles. The summed E-state index contributed by atoms with van der Waals surface area (Å²) in [5.74, 6) is -4.43. The van der Waals surface area contributed by atoms with Gasteiger partial charge in [0.15, 0.2) is 6.61 Å². The van der Waals surface area contributed by atoms with Gasteiger partial charge in [0.1, 0.15) is 0 Å². The van der Waals surface area contributed by atoms with E-state index in [2.05, 4.69) is 5.32 Å². The number of nitrogens with one attached hydrogen (secondary N) is 2. The van der Waals surface area contributed by atoms with E-state index in [4.69, 9.17) is 4.74 Å². The van der Waals surface area contributed by atoms with Crippen LogP contribution in [0.25, 0.3) is 0 Å². The first-order chi connectivity index (χ1) is 11.3. The van der Waals surface area contributed by atoms with Crippen LogP contribution < -0.4 is 10.6 Å². The van der Waals surface area contributed by atoms with Crippen LogP contribution >= 0.6 is 11.8 Å². The van der Waals surface area contributed by atoms with Crippen LogP contribution in [-0.4, -0.2) is 36.3 Å². The van der Waals surface area contributed by atoms with Crippen molar-refractivity contribution >= 4 is 29.7 Å². The summed E-state index contributed by atoms with van der Waals surface area (Å²) in [6, 6.07) is 4.87. The van der Waals surface area contributed by atoms with E-state index in [9.17, 15) is 23.2 Å². The monoisotopic (exact) mass is 360 g/mol. The number of carbonyl (C=O) groups excluding carboxylic acids is 3. The largest absolute Gasteiger partial charge is 0.452 e. The molecule has 0 aliphatic carbocycles. The summed E-state index contributed by atoms with van der Waals surface area (Å²) >= 11 is 0.209. The second kappa shape index (κ2) is 9.86. The van der Waals surface area contributed by atoms with E-state index in [0.717, 1.165) is 0 Å². The second-order valence-corrected chi connectivity index (χ2v) is 5.81. The third-order valence-corrected chi connectivity index (χ3v) is 3.69. The molecule has 0 fully saturated rings. The Morgan fingerprint density at radius 3 is 2.54 bits per heavy atom. The summed E-state index contributed by atoms with van der Waals surface area (Å²) in [6.07, 6.45) is 0.690. The number of hydrogen-bond donors (Lipinski definition) is 2. The molecule has 1 aromatic rings. The maximum atomic E-state index is 12.5. The van der Waals surface area contributed by atoms with Crippen molar-refractivity contribution in [2.24, 2.45) is 0 Å². The molecule has 0 bridgehead atoms. The number of imide groups is 1. The predicted octanol–water partition coefficient (Wildman–Crippen LogP) is 2.78. The third kappa shape index (κ3) is 6.95. The van der Waals surface area contributed by atoms with E-state index >= 15 is 0 Å². The van der Waals surface area contributed by atoms with Crippen molar-refractivity contribution in [2.45, 2.75) is 37.0 Å². The summed E-state index contributed by atoms with van der Waals surface area (Å²) in [5.41, 5.74) is -0.0698. The smallest absolute Gasteiger partial charge is 0.339 e. The van der Waals surface area contributed by atoms with Gasteiger partial charge < -0.3 is 10.1 Å². The van der Waals surface area contributed by atoms with Crippen LogP contribution in [0.5, 0.6) is 0 Å². The second-order valence-electron chi connectivity index (χ2n) is 4.78. The van der Waals surface area contributed by atoms with Crippen LogP contribution in [0.1, 0.15) is 30.6 Å². The molecular formula is C15H18F2N2O4S. The summed E-state index contributed by atoms with van der Waals surface area (Å²) in [5, 5.41) is 4.52. The lowest BCUT2D eigenvalue weighted by molar-refractivity contribution is -0.123. The molecule has 0 aliphatic heterocycles. The molecule has 0 aliphatic rings. The van der Waals surface area contributed by atoms with Crippen LogP contribution in [0.2, 0.25) is 0 Å². The number of ether oxygens (including phenoxy) is 1. The maximum absolute atomic E-state index is 12.5. The van der Waals surface area contributed by atoms with Crippen LogP contribution in [0, 0.1) is 0 Å². The van der Waals surface area contributed by atoms with Crippen molar-refractivity contribution in [1.82, 2.24) is 10.6 Å². The van der Waals surface area contributed by atoms with E-state index in [1.165, 1.54) is 24.3 Å². The van der Waals surface area contributed by atoms with Crippen LogP contribution in [0.15, 0.2) is 29.2 Å². The quantitative estimate of drug-likeness (QED) is 0.577. The van der Waals surface area contributed by atoms with Crippen molar-refractivity contribution in [1.29, 1.82) is 0 Å². The van der Waals surface area contributed by atoms with Crippen molar-refractivity contribution in [3.05, 3.63) is 29.8 Å². The van der Waals surface area contributed by atoms with E-state index in [-0.39, 0.29) is 28.3 Å².